The summed E-state index contributed by atoms with van der Waals surface area (Å²) in [5.41, 5.74) is 10.7. The summed E-state index contributed by atoms with van der Waals surface area (Å²) in [6.45, 7) is 0. The summed E-state index contributed by atoms with van der Waals surface area (Å²) in [6.07, 6.45) is 5.38. The Hall–Kier alpha value is -5.42. The van der Waals surface area contributed by atoms with Crippen molar-refractivity contribution in [3.63, 3.8) is 0 Å². The lowest BCUT2D eigenvalue weighted by Gasteiger charge is -2.11. The van der Waals surface area contributed by atoms with Crippen molar-refractivity contribution < 1.29 is 4.42 Å². The highest BCUT2D eigenvalue weighted by molar-refractivity contribution is 6.16. The zero-order valence-electron chi connectivity index (χ0n) is 21.8. The molecule has 0 radical (unpaired) electrons. The van der Waals surface area contributed by atoms with E-state index < -0.39 is 0 Å². The van der Waals surface area contributed by atoms with Gasteiger partial charge in [0.15, 0.2) is 0 Å². The van der Waals surface area contributed by atoms with Crippen molar-refractivity contribution in [1.29, 1.82) is 0 Å². The molecule has 0 aliphatic carbocycles. The van der Waals surface area contributed by atoms with E-state index in [1.807, 2.05) is 42.8 Å². The topological polar surface area (TPSA) is 48.8 Å². The van der Waals surface area contributed by atoms with Gasteiger partial charge in [-0.05, 0) is 60.2 Å². The van der Waals surface area contributed by atoms with Crippen LogP contribution in [0.4, 0.5) is 0 Å². The number of para-hydroxylation sites is 2. The largest absolute Gasteiger partial charge is 0.472 e. The predicted molar refractivity (Wildman–Crippen MR) is 161 cm³/mol. The van der Waals surface area contributed by atoms with Crippen LogP contribution in [-0.4, -0.2) is 19.1 Å². The third-order valence-electron chi connectivity index (χ3n) is 7.73. The van der Waals surface area contributed by atoms with E-state index in [1.54, 1.807) is 6.26 Å². The Balaban J connectivity index is 1.44. The van der Waals surface area contributed by atoms with E-state index in [4.69, 9.17) is 9.40 Å². The van der Waals surface area contributed by atoms with Crippen LogP contribution in [0.15, 0.2) is 132 Å². The van der Waals surface area contributed by atoms with E-state index in [1.165, 1.54) is 10.8 Å². The number of nitrogens with zero attached hydrogens (tertiary/aromatic N) is 4. The Kier molecular flexibility index (Phi) is 4.97. The minimum absolute atomic E-state index is 0.942. The lowest BCUT2D eigenvalue weighted by molar-refractivity contribution is 0.568. The van der Waals surface area contributed by atoms with E-state index in [2.05, 4.69) is 100 Å². The summed E-state index contributed by atoms with van der Waals surface area (Å²) in [5, 5.41) is 2.37. The van der Waals surface area contributed by atoms with Crippen LogP contribution in [0.2, 0.25) is 0 Å². The highest BCUT2D eigenvalue weighted by atomic mass is 16.3. The molecule has 5 nitrogen and oxygen atoms in total. The average molecular weight is 517 g/mol. The highest BCUT2D eigenvalue weighted by Crippen LogP contribution is 2.40. The van der Waals surface area contributed by atoms with Crippen LogP contribution in [0, 0.1) is 0 Å². The fraction of sp³-hybridized carbons (Fsp3) is 0.0286. The number of rotatable bonds is 4. The molecule has 0 fully saturated rings. The van der Waals surface area contributed by atoms with Crippen LogP contribution >= 0.6 is 0 Å². The van der Waals surface area contributed by atoms with Gasteiger partial charge in [-0.3, -0.25) is 4.98 Å². The number of pyridine rings is 1. The number of fused-ring (bicyclic) bond motifs is 4. The van der Waals surface area contributed by atoms with E-state index in [0.29, 0.717) is 0 Å². The third-order valence-corrected chi connectivity index (χ3v) is 7.73. The summed E-state index contributed by atoms with van der Waals surface area (Å²) < 4.78 is 10.0. The SMILES string of the molecule is Cn1c(-c2ccc3c4c(-c5ccoc5)cccc4n(-c4cccc(-c5ccccn5)c4)c3c2)nc2ccccc21. The summed E-state index contributed by atoms with van der Waals surface area (Å²) in [5.74, 6) is 0.942. The minimum atomic E-state index is 0.942. The molecule has 0 aliphatic heterocycles. The quantitative estimate of drug-likeness (QED) is 0.235. The zero-order chi connectivity index (χ0) is 26.6. The van der Waals surface area contributed by atoms with E-state index >= 15 is 0 Å². The van der Waals surface area contributed by atoms with Crippen LogP contribution in [0.3, 0.4) is 0 Å². The van der Waals surface area contributed by atoms with Gasteiger partial charge in [-0.25, -0.2) is 4.98 Å². The zero-order valence-corrected chi connectivity index (χ0v) is 21.8. The average Bonchev–Trinajstić information content (AvgIpc) is 3.74. The highest BCUT2D eigenvalue weighted by Gasteiger charge is 2.19. The number of hydrogen-bond acceptors (Lipinski definition) is 3. The molecule has 40 heavy (non-hydrogen) atoms. The fourth-order valence-corrected chi connectivity index (χ4v) is 5.88. The first-order chi connectivity index (χ1) is 19.8. The molecule has 0 N–H and O–H groups in total. The van der Waals surface area contributed by atoms with Crippen LogP contribution in [-0.2, 0) is 7.05 Å². The van der Waals surface area contributed by atoms with Gasteiger partial charge in [0.1, 0.15) is 5.82 Å². The minimum Gasteiger partial charge on any atom is -0.472 e. The van der Waals surface area contributed by atoms with Gasteiger partial charge in [-0.15, -0.1) is 0 Å². The predicted octanol–water partition coefficient (Wildman–Crippen LogP) is 8.66. The molecule has 4 aromatic heterocycles. The van der Waals surface area contributed by atoms with Crippen molar-refractivity contribution >= 4 is 32.8 Å². The van der Waals surface area contributed by atoms with E-state index in [-0.39, 0.29) is 0 Å². The first kappa shape index (κ1) is 22.6. The maximum atomic E-state index is 5.48. The summed E-state index contributed by atoms with van der Waals surface area (Å²) >= 11 is 0. The standard InChI is InChI=1S/C35H24N4O/c1-38-31-13-3-2-12-30(31)37-35(38)24-15-16-28-33(21-24)39(26-9-6-8-23(20-26)29-11-4-5-18-36-29)32-14-7-10-27(34(28)32)25-17-19-40-22-25/h2-22H,1H3. The first-order valence-corrected chi connectivity index (χ1v) is 13.3. The molecule has 8 aromatic rings. The van der Waals surface area contributed by atoms with Gasteiger partial charge in [0.25, 0.3) is 0 Å². The van der Waals surface area contributed by atoms with Crippen molar-refractivity contribution in [3.8, 4) is 39.5 Å². The summed E-state index contributed by atoms with van der Waals surface area (Å²) in [4.78, 5) is 9.59. The molecule has 0 unspecified atom stereocenters. The third kappa shape index (κ3) is 3.41. The van der Waals surface area contributed by atoms with Crippen molar-refractivity contribution in [2.45, 2.75) is 0 Å². The Morgan fingerprint density at radius 2 is 1.55 bits per heavy atom. The van der Waals surface area contributed by atoms with Crippen molar-refractivity contribution in [2.24, 2.45) is 7.05 Å². The van der Waals surface area contributed by atoms with Crippen molar-refractivity contribution in [3.05, 3.63) is 128 Å². The lowest BCUT2D eigenvalue weighted by Crippen LogP contribution is -1.96. The Labute approximate surface area is 230 Å². The molecule has 5 heteroatoms. The van der Waals surface area contributed by atoms with Crippen LogP contribution in [0.1, 0.15) is 0 Å². The van der Waals surface area contributed by atoms with Gasteiger partial charge in [0, 0.05) is 46.4 Å². The first-order valence-electron chi connectivity index (χ1n) is 13.3. The van der Waals surface area contributed by atoms with E-state index in [9.17, 15) is 0 Å². The number of imidazole rings is 1. The molecule has 4 aromatic carbocycles. The maximum Gasteiger partial charge on any atom is 0.140 e. The van der Waals surface area contributed by atoms with Crippen LogP contribution in [0.25, 0.3) is 72.3 Å². The summed E-state index contributed by atoms with van der Waals surface area (Å²) in [7, 11) is 2.08. The molecule has 0 aliphatic rings. The number of aromatic nitrogens is 4. The number of aryl methyl sites for hydroxylation is 1. The summed E-state index contributed by atoms with van der Waals surface area (Å²) in [6, 6.07) is 38.1. The molecule has 0 spiro atoms. The van der Waals surface area contributed by atoms with Gasteiger partial charge in [0.2, 0.25) is 0 Å². The van der Waals surface area contributed by atoms with E-state index in [0.717, 1.165) is 61.5 Å². The lowest BCUT2D eigenvalue weighted by atomic mass is 10.0. The van der Waals surface area contributed by atoms with Gasteiger partial charge in [-0.2, -0.15) is 0 Å². The van der Waals surface area contributed by atoms with Gasteiger partial charge in [-0.1, -0.05) is 54.6 Å². The number of hydrogen-bond donors (Lipinski definition) is 0. The number of benzene rings is 4. The van der Waals surface area contributed by atoms with Crippen LogP contribution < -0.4 is 0 Å². The second kappa shape index (κ2) is 8.82. The molecule has 8 rings (SSSR count). The second-order valence-electron chi connectivity index (χ2n) is 10.0. The molecule has 4 heterocycles. The Morgan fingerprint density at radius 1 is 0.675 bits per heavy atom. The normalized spacial score (nSPS) is 11.6. The number of furan rings is 1. The van der Waals surface area contributed by atoms with Gasteiger partial charge < -0.3 is 13.6 Å². The molecule has 0 atom stereocenters. The van der Waals surface area contributed by atoms with Crippen molar-refractivity contribution in [1.82, 2.24) is 19.1 Å². The van der Waals surface area contributed by atoms with Gasteiger partial charge in [0.05, 0.1) is 40.3 Å². The monoisotopic (exact) mass is 516 g/mol. The molecule has 0 saturated carbocycles. The maximum absolute atomic E-state index is 5.48. The Bertz CT molecular complexity index is 2170. The smallest absolute Gasteiger partial charge is 0.140 e. The Morgan fingerprint density at radius 3 is 2.40 bits per heavy atom. The molecular weight excluding hydrogens is 492 g/mol. The molecule has 0 bridgehead atoms. The molecular formula is C35H24N4O. The second-order valence-corrected chi connectivity index (χ2v) is 10.0. The molecule has 0 saturated heterocycles. The molecule has 190 valence electrons. The molecule has 0 amide bonds. The fourth-order valence-electron chi connectivity index (χ4n) is 5.88. The van der Waals surface area contributed by atoms with Crippen LogP contribution in [0.5, 0.6) is 0 Å². The van der Waals surface area contributed by atoms with Crippen molar-refractivity contribution in [2.75, 3.05) is 0 Å². The van der Waals surface area contributed by atoms with Gasteiger partial charge >= 0.3 is 0 Å².